The molecule has 0 bridgehead atoms. The van der Waals surface area contributed by atoms with Gasteiger partial charge in [-0.25, -0.2) is 4.98 Å². The van der Waals surface area contributed by atoms with E-state index in [1.165, 1.54) is 23.1 Å². The molecule has 1 N–H and O–H groups in total. The molecule has 0 fully saturated rings. The summed E-state index contributed by atoms with van der Waals surface area (Å²) in [5.74, 6) is 0.107. The van der Waals surface area contributed by atoms with Gasteiger partial charge in [0.2, 0.25) is 5.91 Å². The van der Waals surface area contributed by atoms with Gasteiger partial charge in [-0.3, -0.25) is 14.2 Å². The van der Waals surface area contributed by atoms with Gasteiger partial charge in [0.1, 0.15) is 4.83 Å². The van der Waals surface area contributed by atoms with Crippen molar-refractivity contribution in [1.82, 2.24) is 14.9 Å². The highest BCUT2D eigenvalue weighted by molar-refractivity contribution is 7.99. The summed E-state index contributed by atoms with van der Waals surface area (Å²) in [6.45, 7) is 10.5. The zero-order valence-electron chi connectivity index (χ0n) is 16.2. The van der Waals surface area contributed by atoms with Gasteiger partial charge >= 0.3 is 0 Å². The number of aryl methyl sites for hydroxylation is 3. The van der Waals surface area contributed by atoms with Crippen LogP contribution in [0.3, 0.4) is 0 Å². The predicted octanol–water partition coefficient (Wildman–Crippen LogP) is 3.98. The van der Waals surface area contributed by atoms with Crippen LogP contribution in [0, 0.1) is 20.8 Å². The topological polar surface area (TPSA) is 64.0 Å². The lowest BCUT2D eigenvalue weighted by Crippen LogP contribution is -2.26. The lowest BCUT2D eigenvalue weighted by atomic mass is 10.1. The van der Waals surface area contributed by atoms with E-state index < -0.39 is 0 Å². The molecule has 28 heavy (non-hydrogen) atoms. The van der Waals surface area contributed by atoms with Crippen molar-refractivity contribution in [2.24, 2.45) is 0 Å². The van der Waals surface area contributed by atoms with Gasteiger partial charge in [0.25, 0.3) is 5.56 Å². The highest BCUT2D eigenvalue weighted by Gasteiger charge is 2.17. The molecule has 0 atom stereocenters. The molecule has 0 saturated heterocycles. The van der Waals surface area contributed by atoms with Gasteiger partial charge in [0, 0.05) is 18.0 Å². The van der Waals surface area contributed by atoms with Crippen molar-refractivity contribution in [2.45, 2.75) is 39.0 Å². The summed E-state index contributed by atoms with van der Waals surface area (Å²) >= 11 is 2.79. The van der Waals surface area contributed by atoms with Gasteiger partial charge in [0.05, 0.1) is 11.1 Å². The van der Waals surface area contributed by atoms with E-state index in [1.54, 1.807) is 10.6 Å². The molecule has 0 aliphatic heterocycles. The number of rotatable bonds is 7. The van der Waals surface area contributed by atoms with Crippen molar-refractivity contribution in [3.63, 3.8) is 0 Å². The molecule has 2 aromatic heterocycles. The monoisotopic (exact) mass is 413 g/mol. The number of carbonyl (C=O) groups is 1. The van der Waals surface area contributed by atoms with E-state index in [9.17, 15) is 9.59 Å². The molecule has 0 radical (unpaired) electrons. The number of thioether (sulfide) groups is 1. The molecule has 0 saturated carbocycles. The minimum atomic E-state index is -0.0914. The molecule has 7 heteroatoms. The maximum Gasteiger partial charge on any atom is 0.263 e. The Morgan fingerprint density at radius 1 is 1.32 bits per heavy atom. The Balaban J connectivity index is 1.77. The largest absolute Gasteiger partial charge is 0.351 e. The molecule has 0 aliphatic carbocycles. The van der Waals surface area contributed by atoms with E-state index in [2.05, 4.69) is 16.9 Å². The summed E-state index contributed by atoms with van der Waals surface area (Å²) in [6, 6.07) is 7.96. The SMILES string of the molecule is C=CCn1c(SCC(=O)NCc2ccccc2C)nc2sc(C)c(C)c2c1=O. The van der Waals surface area contributed by atoms with Crippen LogP contribution in [-0.2, 0) is 17.9 Å². The fourth-order valence-corrected chi connectivity index (χ4v) is 4.80. The molecule has 5 nitrogen and oxygen atoms in total. The molecule has 3 aromatic rings. The normalized spacial score (nSPS) is 11.0. The molecule has 3 rings (SSSR count). The number of thiophene rings is 1. The van der Waals surface area contributed by atoms with Crippen LogP contribution in [-0.4, -0.2) is 21.2 Å². The predicted molar refractivity (Wildman–Crippen MR) is 117 cm³/mol. The molecule has 2 heterocycles. The average molecular weight is 414 g/mol. The van der Waals surface area contributed by atoms with Gasteiger partial charge in [-0.1, -0.05) is 42.1 Å². The number of carbonyl (C=O) groups excluding carboxylic acids is 1. The van der Waals surface area contributed by atoms with Crippen molar-refractivity contribution in [2.75, 3.05) is 5.75 Å². The molecular formula is C21H23N3O2S2. The third-order valence-electron chi connectivity index (χ3n) is 4.64. The third-order valence-corrected chi connectivity index (χ3v) is 6.71. The van der Waals surface area contributed by atoms with Crippen molar-refractivity contribution in [1.29, 1.82) is 0 Å². The zero-order chi connectivity index (χ0) is 20.3. The van der Waals surface area contributed by atoms with Crippen molar-refractivity contribution in [3.05, 3.63) is 68.8 Å². The standard InChI is InChI=1S/C21H23N3O2S2/c1-5-10-24-20(26)18-14(3)15(4)28-19(18)23-21(24)27-12-17(25)22-11-16-9-7-6-8-13(16)2/h5-9H,1,10-12H2,2-4H3,(H,22,25). The molecule has 1 amide bonds. The fourth-order valence-electron chi connectivity index (χ4n) is 2.89. The smallest absolute Gasteiger partial charge is 0.263 e. The van der Waals surface area contributed by atoms with Gasteiger partial charge in [-0.2, -0.15) is 0 Å². The van der Waals surface area contributed by atoms with Crippen LogP contribution in [0.15, 0.2) is 46.9 Å². The molecule has 146 valence electrons. The molecular weight excluding hydrogens is 390 g/mol. The Labute approximate surface area is 172 Å². The second-order valence-electron chi connectivity index (χ2n) is 6.55. The number of nitrogens with one attached hydrogen (secondary N) is 1. The first-order chi connectivity index (χ1) is 13.4. The first-order valence-corrected chi connectivity index (χ1v) is 10.8. The Hall–Kier alpha value is -2.38. The van der Waals surface area contributed by atoms with Crippen LogP contribution in [0.2, 0.25) is 0 Å². The molecule has 0 spiro atoms. The zero-order valence-corrected chi connectivity index (χ0v) is 17.9. The summed E-state index contributed by atoms with van der Waals surface area (Å²) in [5, 5.41) is 4.14. The summed E-state index contributed by atoms with van der Waals surface area (Å²) in [7, 11) is 0. The summed E-state index contributed by atoms with van der Waals surface area (Å²) in [4.78, 5) is 31.7. The first-order valence-electron chi connectivity index (χ1n) is 8.97. The maximum absolute atomic E-state index is 12.9. The van der Waals surface area contributed by atoms with Crippen LogP contribution in [0.1, 0.15) is 21.6 Å². The summed E-state index contributed by atoms with van der Waals surface area (Å²) in [6.07, 6.45) is 1.67. The summed E-state index contributed by atoms with van der Waals surface area (Å²) < 4.78 is 1.59. The Bertz CT molecular complexity index is 1100. The van der Waals surface area contributed by atoms with E-state index in [4.69, 9.17) is 0 Å². The van der Waals surface area contributed by atoms with Gasteiger partial charge in [-0.15, -0.1) is 17.9 Å². The number of hydrogen-bond donors (Lipinski definition) is 1. The highest BCUT2D eigenvalue weighted by atomic mass is 32.2. The second-order valence-corrected chi connectivity index (χ2v) is 8.70. The van der Waals surface area contributed by atoms with Gasteiger partial charge in [-0.05, 0) is 37.5 Å². The number of allylic oxidation sites excluding steroid dienone is 1. The van der Waals surface area contributed by atoms with Crippen molar-refractivity contribution < 1.29 is 4.79 Å². The van der Waals surface area contributed by atoms with Gasteiger partial charge < -0.3 is 5.32 Å². The Morgan fingerprint density at radius 2 is 2.07 bits per heavy atom. The minimum Gasteiger partial charge on any atom is -0.351 e. The van der Waals surface area contributed by atoms with E-state index >= 15 is 0 Å². The summed E-state index contributed by atoms with van der Waals surface area (Å²) in [5.41, 5.74) is 3.14. The quantitative estimate of drug-likeness (QED) is 0.362. The molecule has 0 unspecified atom stereocenters. The number of aromatic nitrogens is 2. The minimum absolute atomic E-state index is 0.0745. The first kappa shape index (κ1) is 20.4. The average Bonchev–Trinajstić information content (AvgIpc) is 2.96. The number of hydrogen-bond acceptors (Lipinski definition) is 5. The lowest BCUT2D eigenvalue weighted by Gasteiger charge is -2.11. The van der Waals surface area contributed by atoms with Crippen LogP contribution in [0.25, 0.3) is 10.2 Å². The van der Waals surface area contributed by atoms with Crippen molar-refractivity contribution >= 4 is 39.2 Å². The lowest BCUT2D eigenvalue weighted by molar-refractivity contribution is -0.118. The molecule has 0 aliphatic rings. The van der Waals surface area contributed by atoms with E-state index in [0.717, 1.165) is 26.4 Å². The second kappa shape index (κ2) is 8.75. The van der Waals surface area contributed by atoms with E-state index in [1.807, 2.05) is 45.0 Å². The Morgan fingerprint density at radius 3 is 2.79 bits per heavy atom. The number of benzene rings is 1. The Kier molecular flexibility index (Phi) is 6.36. The number of fused-ring (bicyclic) bond motifs is 1. The van der Waals surface area contributed by atoms with E-state index in [0.29, 0.717) is 23.6 Å². The van der Waals surface area contributed by atoms with Gasteiger partial charge in [0.15, 0.2) is 5.16 Å². The van der Waals surface area contributed by atoms with Crippen LogP contribution in [0.5, 0.6) is 0 Å². The van der Waals surface area contributed by atoms with Crippen LogP contribution in [0.4, 0.5) is 0 Å². The number of amides is 1. The fraction of sp³-hybridized carbons (Fsp3) is 0.286. The van der Waals surface area contributed by atoms with Crippen molar-refractivity contribution in [3.8, 4) is 0 Å². The number of nitrogens with zero attached hydrogens (tertiary/aromatic N) is 2. The third kappa shape index (κ3) is 4.20. The molecule has 1 aromatic carbocycles. The highest BCUT2D eigenvalue weighted by Crippen LogP contribution is 2.28. The van der Waals surface area contributed by atoms with Crippen LogP contribution >= 0.6 is 23.1 Å². The van der Waals surface area contributed by atoms with E-state index in [-0.39, 0.29) is 17.2 Å². The maximum atomic E-state index is 12.9. The van der Waals surface area contributed by atoms with Crippen LogP contribution < -0.4 is 10.9 Å².